The zero-order valence-corrected chi connectivity index (χ0v) is 18.0. The molecule has 1 unspecified atom stereocenters. The summed E-state index contributed by atoms with van der Waals surface area (Å²) in [5, 5.41) is 5.36. The first-order chi connectivity index (χ1) is 14.3. The molecular formula is C21H32N6O3. The number of pyridine rings is 1. The number of carbonyl (C=O) groups excluding carboxylic acids is 3. The maximum absolute atomic E-state index is 13.1. The van der Waals surface area contributed by atoms with E-state index in [4.69, 9.17) is 5.73 Å². The first kappa shape index (κ1) is 21.9. The van der Waals surface area contributed by atoms with Crippen LogP contribution >= 0.6 is 0 Å². The number of nitrogen functional groups attached to an aromatic ring is 1. The molecule has 9 nitrogen and oxygen atoms in total. The Morgan fingerprint density at radius 3 is 2.57 bits per heavy atom. The highest BCUT2D eigenvalue weighted by Gasteiger charge is 2.41. The van der Waals surface area contributed by atoms with Crippen LogP contribution < -0.4 is 16.4 Å². The molecule has 164 valence electrons. The standard InChI is InChI=1S/C21H32N6O3/c1-13-7-8-17(16-6-4-5-9-26(16)21(30)23-3)27(12-13)20(29)19(28)25-15-10-14(2)18(22)24-11-15/h10-11,13,16-17H,4-9,12H2,1-3H3,(H2,22,24)(H,23,30)(H,25,28)/t13-,16?,17+/m0/s1. The number of urea groups is 1. The van der Waals surface area contributed by atoms with Crippen molar-refractivity contribution in [1.29, 1.82) is 0 Å². The van der Waals surface area contributed by atoms with Gasteiger partial charge >= 0.3 is 17.8 Å². The van der Waals surface area contributed by atoms with Gasteiger partial charge in [0.25, 0.3) is 0 Å². The van der Waals surface area contributed by atoms with Gasteiger partial charge in [0.2, 0.25) is 0 Å². The van der Waals surface area contributed by atoms with Gasteiger partial charge in [0.15, 0.2) is 0 Å². The van der Waals surface area contributed by atoms with Crippen molar-refractivity contribution in [2.45, 2.75) is 58.0 Å². The van der Waals surface area contributed by atoms with Crippen molar-refractivity contribution in [1.82, 2.24) is 20.1 Å². The summed E-state index contributed by atoms with van der Waals surface area (Å²) < 4.78 is 0. The Morgan fingerprint density at radius 1 is 1.13 bits per heavy atom. The quantitative estimate of drug-likeness (QED) is 0.634. The molecule has 2 fully saturated rings. The van der Waals surface area contributed by atoms with Crippen LogP contribution in [0.5, 0.6) is 0 Å². The molecule has 30 heavy (non-hydrogen) atoms. The number of nitrogens with zero attached hydrogens (tertiary/aromatic N) is 3. The van der Waals surface area contributed by atoms with E-state index in [1.807, 2.05) is 4.90 Å². The van der Waals surface area contributed by atoms with Crippen molar-refractivity contribution in [3.8, 4) is 0 Å². The number of piperidine rings is 2. The van der Waals surface area contributed by atoms with Crippen LogP contribution in [0.4, 0.5) is 16.3 Å². The molecule has 0 aromatic carbocycles. The number of hydrogen-bond donors (Lipinski definition) is 3. The van der Waals surface area contributed by atoms with Crippen LogP contribution in [-0.2, 0) is 9.59 Å². The normalized spacial score (nSPS) is 24.3. The third-order valence-electron chi connectivity index (χ3n) is 6.16. The number of rotatable bonds is 2. The van der Waals surface area contributed by atoms with Crippen LogP contribution in [0.2, 0.25) is 0 Å². The van der Waals surface area contributed by atoms with Gasteiger partial charge in [-0.05, 0) is 56.6 Å². The number of nitrogens with one attached hydrogen (secondary N) is 2. The Morgan fingerprint density at radius 2 is 1.87 bits per heavy atom. The zero-order chi connectivity index (χ0) is 21.8. The third-order valence-corrected chi connectivity index (χ3v) is 6.16. The van der Waals surface area contributed by atoms with Gasteiger partial charge in [-0.15, -0.1) is 0 Å². The summed E-state index contributed by atoms with van der Waals surface area (Å²) in [6.07, 6.45) is 5.98. The molecule has 4 N–H and O–H groups in total. The minimum atomic E-state index is -0.692. The smallest absolute Gasteiger partial charge is 0.317 e. The summed E-state index contributed by atoms with van der Waals surface area (Å²) in [5.41, 5.74) is 6.89. The fourth-order valence-corrected chi connectivity index (χ4v) is 4.53. The molecule has 0 aliphatic carbocycles. The van der Waals surface area contributed by atoms with Crippen molar-refractivity contribution in [3.63, 3.8) is 0 Å². The van der Waals surface area contributed by atoms with E-state index < -0.39 is 11.8 Å². The van der Waals surface area contributed by atoms with Gasteiger partial charge in [-0.25, -0.2) is 9.78 Å². The fourth-order valence-electron chi connectivity index (χ4n) is 4.53. The van der Waals surface area contributed by atoms with Crippen molar-refractivity contribution in [2.24, 2.45) is 5.92 Å². The molecule has 3 atom stereocenters. The Kier molecular flexibility index (Phi) is 6.79. The van der Waals surface area contributed by atoms with Crippen LogP contribution in [0.1, 0.15) is 44.6 Å². The maximum atomic E-state index is 13.1. The second kappa shape index (κ2) is 9.32. The minimum Gasteiger partial charge on any atom is -0.383 e. The van der Waals surface area contributed by atoms with E-state index >= 15 is 0 Å². The summed E-state index contributed by atoms with van der Waals surface area (Å²) in [6.45, 7) is 5.05. The Bertz CT molecular complexity index is 814. The van der Waals surface area contributed by atoms with Crippen molar-refractivity contribution >= 4 is 29.4 Å². The number of hydrogen-bond acceptors (Lipinski definition) is 5. The Hall–Kier alpha value is -2.84. The van der Waals surface area contributed by atoms with E-state index in [2.05, 4.69) is 22.5 Å². The summed E-state index contributed by atoms with van der Waals surface area (Å²) >= 11 is 0. The van der Waals surface area contributed by atoms with Crippen LogP contribution in [-0.4, -0.2) is 64.9 Å². The average Bonchev–Trinajstić information content (AvgIpc) is 2.75. The summed E-state index contributed by atoms with van der Waals surface area (Å²) in [5.74, 6) is -0.572. The summed E-state index contributed by atoms with van der Waals surface area (Å²) in [4.78, 5) is 45.9. The van der Waals surface area contributed by atoms with Crippen molar-refractivity contribution in [2.75, 3.05) is 31.2 Å². The number of likely N-dealkylation sites (tertiary alicyclic amines) is 2. The number of carbonyl (C=O) groups is 3. The third kappa shape index (κ3) is 4.66. The van der Waals surface area contributed by atoms with E-state index in [0.717, 1.165) is 37.7 Å². The lowest BCUT2D eigenvalue weighted by atomic mass is 9.85. The molecule has 2 aliphatic rings. The molecule has 0 bridgehead atoms. The van der Waals surface area contributed by atoms with Crippen LogP contribution in [0.15, 0.2) is 12.3 Å². The van der Waals surface area contributed by atoms with Gasteiger partial charge in [0, 0.05) is 20.1 Å². The van der Waals surface area contributed by atoms with E-state index in [1.54, 1.807) is 24.9 Å². The van der Waals surface area contributed by atoms with E-state index in [0.29, 0.717) is 30.5 Å². The van der Waals surface area contributed by atoms with Crippen molar-refractivity contribution in [3.05, 3.63) is 17.8 Å². The molecular weight excluding hydrogens is 384 g/mol. The SMILES string of the molecule is CNC(=O)N1CCCCC1[C@H]1CC[C@H](C)CN1C(=O)C(=O)Nc1cnc(N)c(C)c1. The van der Waals surface area contributed by atoms with E-state index in [1.165, 1.54) is 6.20 Å². The molecule has 1 aromatic rings. The van der Waals surface area contributed by atoms with Gasteiger partial charge in [-0.2, -0.15) is 0 Å². The summed E-state index contributed by atoms with van der Waals surface area (Å²) in [7, 11) is 1.62. The second-order valence-electron chi connectivity index (χ2n) is 8.40. The number of aromatic nitrogens is 1. The number of aryl methyl sites for hydroxylation is 1. The van der Waals surface area contributed by atoms with Crippen LogP contribution in [0.3, 0.4) is 0 Å². The lowest BCUT2D eigenvalue weighted by Gasteiger charge is -2.47. The first-order valence-electron chi connectivity index (χ1n) is 10.6. The van der Waals surface area contributed by atoms with Crippen LogP contribution in [0.25, 0.3) is 0 Å². The van der Waals surface area contributed by atoms with Crippen LogP contribution in [0, 0.1) is 12.8 Å². The Labute approximate surface area is 177 Å². The predicted octanol–water partition coefficient (Wildman–Crippen LogP) is 1.73. The number of amides is 4. The molecule has 3 heterocycles. The van der Waals surface area contributed by atoms with Gasteiger partial charge in [-0.3, -0.25) is 9.59 Å². The topological polar surface area (TPSA) is 121 Å². The van der Waals surface area contributed by atoms with Gasteiger partial charge < -0.3 is 26.2 Å². The Balaban J connectivity index is 1.78. The maximum Gasteiger partial charge on any atom is 0.317 e. The molecule has 2 aliphatic heterocycles. The molecule has 1 aromatic heterocycles. The lowest BCUT2D eigenvalue weighted by molar-refractivity contribution is -0.148. The van der Waals surface area contributed by atoms with Gasteiger partial charge in [-0.1, -0.05) is 6.92 Å². The molecule has 9 heteroatoms. The predicted molar refractivity (Wildman–Crippen MR) is 115 cm³/mol. The summed E-state index contributed by atoms with van der Waals surface area (Å²) in [6, 6.07) is 1.32. The molecule has 0 saturated carbocycles. The highest BCUT2D eigenvalue weighted by atomic mass is 16.2. The zero-order valence-electron chi connectivity index (χ0n) is 18.0. The number of anilines is 2. The minimum absolute atomic E-state index is 0.0802. The van der Waals surface area contributed by atoms with Gasteiger partial charge in [0.05, 0.1) is 24.0 Å². The molecule has 3 rings (SSSR count). The highest BCUT2D eigenvalue weighted by molar-refractivity contribution is 6.39. The fraction of sp³-hybridized carbons (Fsp3) is 0.619. The second-order valence-corrected chi connectivity index (χ2v) is 8.40. The first-order valence-corrected chi connectivity index (χ1v) is 10.6. The lowest BCUT2D eigenvalue weighted by Crippen LogP contribution is -2.61. The average molecular weight is 417 g/mol. The van der Waals surface area contributed by atoms with E-state index in [-0.39, 0.29) is 18.1 Å². The van der Waals surface area contributed by atoms with Crippen molar-refractivity contribution < 1.29 is 14.4 Å². The molecule has 2 saturated heterocycles. The van der Waals surface area contributed by atoms with E-state index in [9.17, 15) is 14.4 Å². The molecule has 4 amide bonds. The monoisotopic (exact) mass is 416 g/mol. The number of nitrogens with two attached hydrogens (primary N) is 1. The highest BCUT2D eigenvalue weighted by Crippen LogP contribution is 2.31. The van der Waals surface area contributed by atoms with Gasteiger partial charge in [0.1, 0.15) is 5.82 Å². The molecule has 0 spiro atoms. The molecule has 0 radical (unpaired) electrons. The largest absolute Gasteiger partial charge is 0.383 e.